The lowest BCUT2D eigenvalue weighted by Gasteiger charge is -2.21. The number of esters is 4. The standard InChI is InChI=1S/C85H142O17P2/c1-5-9-13-17-21-25-29-33-37-39-43-47-51-55-59-63-67-71-84(89)101-80(75-95-82(87)69-65-61-57-53-49-45-41-35-31-27-23-19-15-11-7-3)77-99-103(91,92)97-73-79(86)74-98-104(93,94)100-78-81(76-96-83(88)70-66-62-58-54-50-46-42-36-32-28-24-20-16-12-8-4)102-85(90)72-68-64-60-56-52-48-44-40-38-34-30-26-22-18-14-10-6-2/h21-22,25-28,31-38,41-44,47-48,55-56,59-60,79-81,86H,5-20,23-24,29-30,39-40,45-46,49-54,57-58,61-78H2,1-4H3,(H,91,92)(H,93,94)/b25-21-,26-22-,31-27-,32-28-,37-33-,38-34-,41-35-,42-36-,47-43-,48-44-,59-55-,60-56-/t80-,81-/m1/s1. The summed E-state index contributed by atoms with van der Waals surface area (Å²) in [6.07, 6.45) is 86.9. The smallest absolute Gasteiger partial charge is 0.462 e. The van der Waals surface area contributed by atoms with Gasteiger partial charge in [0.05, 0.1) is 26.4 Å². The Labute approximate surface area is 630 Å². The van der Waals surface area contributed by atoms with Gasteiger partial charge in [0, 0.05) is 25.7 Å². The van der Waals surface area contributed by atoms with E-state index >= 15 is 0 Å². The van der Waals surface area contributed by atoms with E-state index in [0.29, 0.717) is 38.5 Å². The third kappa shape index (κ3) is 75.2. The molecule has 17 nitrogen and oxygen atoms in total. The van der Waals surface area contributed by atoms with Gasteiger partial charge in [0.1, 0.15) is 19.3 Å². The van der Waals surface area contributed by atoms with Crippen LogP contribution in [-0.2, 0) is 65.4 Å². The maximum atomic E-state index is 13.1. The maximum absolute atomic E-state index is 13.1. The Morgan fingerprint density at radius 1 is 0.279 bits per heavy atom. The molecule has 594 valence electrons. The molecule has 0 bridgehead atoms. The molecule has 2 unspecified atom stereocenters. The minimum atomic E-state index is -5.01. The summed E-state index contributed by atoms with van der Waals surface area (Å²) in [4.78, 5) is 73.0. The van der Waals surface area contributed by atoms with Gasteiger partial charge < -0.3 is 33.8 Å². The van der Waals surface area contributed by atoms with Gasteiger partial charge in [-0.15, -0.1) is 0 Å². The summed E-state index contributed by atoms with van der Waals surface area (Å²) < 4.78 is 68.5. The quantitative estimate of drug-likeness (QED) is 0.0128. The van der Waals surface area contributed by atoms with Gasteiger partial charge >= 0.3 is 39.5 Å². The topological polar surface area (TPSA) is 237 Å². The molecule has 4 atom stereocenters. The number of unbranched alkanes of at least 4 members (excludes halogenated alkanes) is 26. The van der Waals surface area contributed by atoms with Crippen molar-refractivity contribution in [2.24, 2.45) is 0 Å². The predicted molar refractivity (Wildman–Crippen MR) is 427 cm³/mol. The molecular formula is C85H142O17P2. The second-order valence-electron chi connectivity index (χ2n) is 26.3. The van der Waals surface area contributed by atoms with E-state index in [1.807, 2.05) is 24.3 Å². The molecule has 0 spiro atoms. The van der Waals surface area contributed by atoms with Crippen molar-refractivity contribution in [1.82, 2.24) is 0 Å². The van der Waals surface area contributed by atoms with E-state index in [2.05, 4.69) is 149 Å². The first-order valence-corrected chi connectivity index (χ1v) is 43.1. The van der Waals surface area contributed by atoms with Crippen molar-refractivity contribution in [1.29, 1.82) is 0 Å². The molecule has 0 aliphatic heterocycles. The summed E-state index contributed by atoms with van der Waals surface area (Å²) in [7, 11) is -10.0. The van der Waals surface area contributed by atoms with E-state index in [0.717, 1.165) is 128 Å². The zero-order valence-electron chi connectivity index (χ0n) is 64.9. The molecule has 0 amide bonds. The van der Waals surface area contributed by atoms with Gasteiger partial charge in [-0.2, -0.15) is 0 Å². The van der Waals surface area contributed by atoms with Crippen molar-refractivity contribution in [2.75, 3.05) is 39.6 Å². The van der Waals surface area contributed by atoms with Crippen LogP contribution in [0.3, 0.4) is 0 Å². The molecule has 0 rings (SSSR count). The first-order chi connectivity index (χ1) is 50.7. The monoisotopic (exact) mass is 1500 g/mol. The van der Waals surface area contributed by atoms with Gasteiger partial charge in [0.2, 0.25) is 0 Å². The number of aliphatic hydroxyl groups is 1. The molecule has 0 aromatic rings. The van der Waals surface area contributed by atoms with Crippen LogP contribution in [0.2, 0.25) is 0 Å². The fourth-order valence-electron chi connectivity index (χ4n) is 10.1. The summed E-state index contributed by atoms with van der Waals surface area (Å²) in [5.74, 6) is -2.35. The number of carbonyl (C=O) groups is 4. The third-order valence-electron chi connectivity index (χ3n) is 16.3. The van der Waals surface area contributed by atoms with Crippen LogP contribution in [-0.4, -0.2) is 96.7 Å². The Hall–Kier alpha value is -5.06. The molecular weight excluding hydrogens is 1350 g/mol. The number of phosphoric acid groups is 2. The molecule has 0 aromatic carbocycles. The Balaban J connectivity index is 5.51. The summed E-state index contributed by atoms with van der Waals surface area (Å²) in [5.41, 5.74) is 0. The van der Waals surface area contributed by atoms with Crippen molar-refractivity contribution in [3.63, 3.8) is 0 Å². The summed E-state index contributed by atoms with van der Waals surface area (Å²) in [6.45, 7) is 4.61. The average molecular weight is 1500 g/mol. The number of hydrogen-bond donors (Lipinski definition) is 3. The summed E-state index contributed by atoms with van der Waals surface area (Å²) >= 11 is 0. The molecule has 0 saturated carbocycles. The lowest BCUT2D eigenvalue weighted by molar-refractivity contribution is -0.161. The van der Waals surface area contributed by atoms with Crippen LogP contribution in [0.5, 0.6) is 0 Å². The average Bonchev–Trinajstić information content (AvgIpc) is 0.907. The minimum absolute atomic E-state index is 0.0101. The molecule has 0 aliphatic carbocycles. The second kappa shape index (κ2) is 76.1. The van der Waals surface area contributed by atoms with Gasteiger partial charge in [-0.1, -0.05) is 276 Å². The zero-order chi connectivity index (χ0) is 76.0. The highest BCUT2D eigenvalue weighted by Gasteiger charge is 2.30. The zero-order valence-corrected chi connectivity index (χ0v) is 66.7. The molecule has 3 N–H and O–H groups in total. The molecule has 0 heterocycles. The fraction of sp³-hybridized carbons (Fsp3) is 0.671. The van der Waals surface area contributed by atoms with Crippen LogP contribution >= 0.6 is 15.6 Å². The number of phosphoric ester groups is 2. The van der Waals surface area contributed by atoms with Crippen molar-refractivity contribution in [2.45, 2.75) is 329 Å². The van der Waals surface area contributed by atoms with Crippen molar-refractivity contribution >= 4 is 39.5 Å². The number of allylic oxidation sites excluding steroid dienone is 24. The van der Waals surface area contributed by atoms with E-state index in [-0.39, 0.29) is 25.7 Å². The van der Waals surface area contributed by atoms with Gasteiger partial charge in [0.25, 0.3) is 0 Å². The van der Waals surface area contributed by atoms with Crippen LogP contribution in [0, 0.1) is 0 Å². The summed E-state index contributed by atoms with van der Waals surface area (Å²) in [5, 5.41) is 10.6. The number of aliphatic hydroxyl groups excluding tert-OH is 1. The molecule has 0 aliphatic rings. The molecule has 0 aromatic heterocycles. The first-order valence-electron chi connectivity index (χ1n) is 40.1. The molecule has 104 heavy (non-hydrogen) atoms. The molecule has 0 saturated heterocycles. The van der Waals surface area contributed by atoms with E-state index in [1.54, 1.807) is 0 Å². The van der Waals surface area contributed by atoms with E-state index in [4.69, 9.17) is 37.0 Å². The van der Waals surface area contributed by atoms with E-state index < -0.39 is 97.5 Å². The van der Waals surface area contributed by atoms with Crippen molar-refractivity contribution < 1.29 is 80.2 Å². The Bertz CT molecular complexity index is 2370. The Morgan fingerprint density at radius 2 is 0.510 bits per heavy atom. The number of carbonyl (C=O) groups excluding carboxylic acids is 4. The number of rotatable bonds is 74. The second-order valence-corrected chi connectivity index (χ2v) is 29.3. The molecule has 0 radical (unpaired) electrons. The van der Waals surface area contributed by atoms with Gasteiger partial charge in [0.15, 0.2) is 12.2 Å². The van der Waals surface area contributed by atoms with Crippen LogP contribution in [0.1, 0.15) is 310 Å². The van der Waals surface area contributed by atoms with Crippen LogP contribution < -0.4 is 0 Å². The predicted octanol–water partition coefficient (Wildman–Crippen LogP) is 23.4. The van der Waals surface area contributed by atoms with Gasteiger partial charge in [-0.05, 0) is 154 Å². The lowest BCUT2D eigenvalue weighted by Crippen LogP contribution is -2.30. The lowest BCUT2D eigenvalue weighted by atomic mass is 10.1. The SMILES string of the molecule is CCCCC/C=C\C/C=C\C/C=C\C/C=C\CCCC(=O)O[C@H](COC(=O)CCCCCCC/C=C\C=C/CCCCCC)COP(=O)(O)OCC(O)COP(=O)(O)OC[C@@H](COC(=O)CCCCCCC/C=C\C=C/CCCCCC)OC(=O)CCC/C=C\C/C=C\C/C=C\C/C=C\CCCCC. The van der Waals surface area contributed by atoms with Crippen molar-refractivity contribution in [3.8, 4) is 0 Å². The van der Waals surface area contributed by atoms with Crippen LogP contribution in [0.4, 0.5) is 0 Å². The Morgan fingerprint density at radius 3 is 0.827 bits per heavy atom. The molecule has 19 heteroatoms. The Kier molecular flexibility index (Phi) is 72.4. The largest absolute Gasteiger partial charge is 0.472 e. The van der Waals surface area contributed by atoms with Gasteiger partial charge in [-0.25, -0.2) is 9.13 Å². The third-order valence-corrected chi connectivity index (χ3v) is 18.2. The summed E-state index contributed by atoms with van der Waals surface area (Å²) in [6, 6.07) is 0. The minimum Gasteiger partial charge on any atom is -0.462 e. The van der Waals surface area contributed by atoms with E-state index in [1.165, 1.54) is 89.9 Å². The highest BCUT2D eigenvalue weighted by Crippen LogP contribution is 2.45. The first kappa shape index (κ1) is 98.9. The highest BCUT2D eigenvalue weighted by atomic mass is 31.2. The highest BCUT2D eigenvalue weighted by molar-refractivity contribution is 7.47. The van der Waals surface area contributed by atoms with Crippen LogP contribution in [0.15, 0.2) is 146 Å². The number of ether oxygens (including phenoxy) is 4. The van der Waals surface area contributed by atoms with Crippen molar-refractivity contribution in [3.05, 3.63) is 146 Å². The number of hydrogen-bond acceptors (Lipinski definition) is 15. The maximum Gasteiger partial charge on any atom is 0.472 e. The fourth-order valence-corrected chi connectivity index (χ4v) is 11.7. The van der Waals surface area contributed by atoms with Gasteiger partial charge in [-0.3, -0.25) is 37.3 Å². The molecule has 0 fully saturated rings. The van der Waals surface area contributed by atoms with Crippen LogP contribution in [0.25, 0.3) is 0 Å². The normalized spacial score (nSPS) is 14.6. The van der Waals surface area contributed by atoms with E-state index in [9.17, 15) is 43.2 Å².